The zero-order valence-corrected chi connectivity index (χ0v) is 11.3. The molecule has 0 aromatic carbocycles. The summed E-state index contributed by atoms with van der Waals surface area (Å²) in [5.41, 5.74) is 1.29. The molecule has 0 unspecified atom stereocenters. The highest BCUT2D eigenvalue weighted by Crippen LogP contribution is 2.27. The van der Waals surface area contributed by atoms with E-state index in [-0.39, 0.29) is 0 Å². The number of hydrogen-bond acceptors (Lipinski definition) is 2. The molecule has 1 aliphatic carbocycles. The molecule has 18 heavy (non-hydrogen) atoms. The van der Waals surface area contributed by atoms with Gasteiger partial charge >= 0.3 is 0 Å². The maximum absolute atomic E-state index is 4.21. The van der Waals surface area contributed by atoms with Crippen molar-refractivity contribution in [1.29, 1.82) is 0 Å². The van der Waals surface area contributed by atoms with Gasteiger partial charge in [-0.1, -0.05) is 0 Å². The third kappa shape index (κ3) is 4.39. The molecule has 0 bridgehead atoms. The molecule has 1 aliphatic rings. The lowest BCUT2D eigenvalue weighted by Gasteiger charge is -2.10. The van der Waals surface area contributed by atoms with E-state index in [2.05, 4.69) is 26.9 Å². The smallest absolute Gasteiger partial charge is 0.190 e. The first-order valence-electron chi connectivity index (χ1n) is 6.70. The first kappa shape index (κ1) is 12.9. The van der Waals surface area contributed by atoms with Crippen LogP contribution in [-0.4, -0.2) is 35.9 Å². The van der Waals surface area contributed by atoms with E-state index in [1.807, 2.05) is 25.0 Å². The summed E-state index contributed by atoms with van der Waals surface area (Å²) in [5.74, 6) is 1.80. The summed E-state index contributed by atoms with van der Waals surface area (Å²) in [6, 6.07) is 0. The van der Waals surface area contributed by atoms with Crippen molar-refractivity contribution in [2.75, 3.05) is 20.1 Å². The molecular weight excluding hydrogens is 226 g/mol. The van der Waals surface area contributed by atoms with Crippen LogP contribution < -0.4 is 10.6 Å². The topological polar surface area (TPSA) is 54.2 Å². The first-order valence-corrected chi connectivity index (χ1v) is 6.70. The van der Waals surface area contributed by atoms with Crippen LogP contribution in [0.3, 0.4) is 0 Å². The average Bonchev–Trinajstić information content (AvgIpc) is 3.11. The lowest BCUT2D eigenvalue weighted by atomic mass is 10.2. The molecule has 5 heteroatoms. The van der Waals surface area contributed by atoms with Crippen molar-refractivity contribution in [3.05, 3.63) is 18.0 Å². The standard InChI is InChI=1S/C13H23N5/c1-14-13(16-8-11-5-6-11)15-7-3-4-12-9-17-18(2)10-12/h9-11H,3-8H2,1-2H3,(H2,14,15,16). The van der Waals surface area contributed by atoms with Crippen LogP contribution in [0.4, 0.5) is 0 Å². The van der Waals surface area contributed by atoms with Gasteiger partial charge in [0, 0.05) is 33.4 Å². The molecule has 0 atom stereocenters. The van der Waals surface area contributed by atoms with Crippen LogP contribution in [0.2, 0.25) is 0 Å². The van der Waals surface area contributed by atoms with Crippen molar-refractivity contribution in [1.82, 2.24) is 20.4 Å². The number of guanidine groups is 1. The summed E-state index contributed by atoms with van der Waals surface area (Å²) in [6.45, 7) is 2.00. The molecule has 100 valence electrons. The number of rotatable bonds is 6. The summed E-state index contributed by atoms with van der Waals surface area (Å²) in [4.78, 5) is 4.21. The van der Waals surface area contributed by atoms with Gasteiger partial charge < -0.3 is 10.6 Å². The van der Waals surface area contributed by atoms with E-state index in [1.54, 1.807) is 0 Å². The van der Waals surface area contributed by atoms with Crippen LogP contribution >= 0.6 is 0 Å². The van der Waals surface area contributed by atoms with E-state index in [1.165, 1.54) is 18.4 Å². The zero-order valence-electron chi connectivity index (χ0n) is 11.3. The minimum absolute atomic E-state index is 0.874. The number of nitrogens with one attached hydrogen (secondary N) is 2. The molecule has 0 radical (unpaired) electrons. The lowest BCUT2D eigenvalue weighted by molar-refractivity contribution is 0.713. The van der Waals surface area contributed by atoms with Gasteiger partial charge in [0.1, 0.15) is 0 Å². The predicted octanol–water partition coefficient (Wildman–Crippen LogP) is 0.928. The maximum Gasteiger partial charge on any atom is 0.190 e. The zero-order chi connectivity index (χ0) is 12.8. The molecule has 1 aromatic rings. The number of hydrogen-bond donors (Lipinski definition) is 2. The van der Waals surface area contributed by atoms with E-state index in [0.29, 0.717) is 0 Å². The van der Waals surface area contributed by atoms with Crippen LogP contribution in [-0.2, 0) is 13.5 Å². The molecule has 1 heterocycles. The van der Waals surface area contributed by atoms with Crippen molar-refractivity contribution >= 4 is 5.96 Å². The van der Waals surface area contributed by atoms with E-state index in [9.17, 15) is 0 Å². The summed E-state index contributed by atoms with van der Waals surface area (Å²) < 4.78 is 1.85. The van der Waals surface area contributed by atoms with Gasteiger partial charge in [-0.3, -0.25) is 9.67 Å². The highest BCUT2D eigenvalue weighted by Gasteiger charge is 2.20. The highest BCUT2D eigenvalue weighted by molar-refractivity contribution is 5.79. The van der Waals surface area contributed by atoms with Gasteiger partial charge in [0.2, 0.25) is 0 Å². The Morgan fingerprint density at radius 1 is 1.50 bits per heavy atom. The monoisotopic (exact) mass is 249 g/mol. The fourth-order valence-electron chi connectivity index (χ4n) is 1.88. The lowest BCUT2D eigenvalue weighted by Crippen LogP contribution is -2.38. The maximum atomic E-state index is 4.21. The van der Waals surface area contributed by atoms with E-state index >= 15 is 0 Å². The third-order valence-electron chi connectivity index (χ3n) is 3.17. The Labute approximate surface area is 109 Å². The Hall–Kier alpha value is -1.52. The average molecular weight is 249 g/mol. The molecule has 1 fully saturated rings. The molecule has 2 N–H and O–H groups in total. The van der Waals surface area contributed by atoms with Crippen molar-refractivity contribution in [2.24, 2.45) is 18.0 Å². The van der Waals surface area contributed by atoms with Gasteiger partial charge in [-0.2, -0.15) is 5.10 Å². The van der Waals surface area contributed by atoms with Crippen molar-refractivity contribution in [3.63, 3.8) is 0 Å². The van der Waals surface area contributed by atoms with Gasteiger partial charge in [-0.15, -0.1) is 0 Å². The van der Waals surface area contributed by atoms with Crippen molar-refractivity contribution in [2.45, 2.75) is 25.7 Å². The minimum Gasteiger partial charge on any atom is -0.356 e. The number of aryl methyl sites for hydroxylation is 2. The quantitative estimate of drug-likeness (QED) is 0.448. The van der Waals surface area contributed by atoms with Crippen molar-refractivity contribution in [3.8, 4) is 0 Å². The molecule has 0 aliphatic heterocycles. The van der Waals surface area contributed by atoms with Gasteiger partial charge in [0.25, 0.3) is 0 Å². The second-order valence-corrected chi connectivity index (χ2v) is 4.95. The third-order valence-corrected chi connectivity index (χ3v) is 3.17. The normalized spacial score (nSPS) is 15.8. The summed E-state index contributed by atoms with van der Waals surface area (Å²) >= 11 is 0. The Morgan fingerprint density at radius 3 is 2.94 bits per heavy atom. The van der Waals surface area contributed by atoms with Gasteiger partial charge in [-0.05, 0) is 37.2 Å². The van der Waals surface area contributed by atoms with Gasteiger partial charge in [0.15, 0.2) is 5.96 Å². The number of aromatic nitrogens is 2. The Kier molecular flexibility index (Phi) is 4.61. The first-order chi connectivity index (χ1) is 8.78. The Morgan fingerprint density at radius 2 is 2.33 bits per heavy atom. The molecule has 5 nitrogen and oxygen atoms in total. The van der Waals surface area contributed by atoms with Crippen LogP contribution in [0.5, 0.6) is 0 Å². The minimum atomic E-state index is 0.874. The fraction of sp³-hybridized carbons (Fsp3) is 0.692. The molecule has 0 saturated heterocycles. The highest BCUT2D eigenvalue weighted by atomic mass is 15.2. The van der Waals surface area contributed by atoms with Crippen LogP contribution in [0.25, 0.3) is 0 Å². The fourth-order valence-corrected chi connectivity index (χ4v) is 1.88. The van der Waals surface area contributed by atoms with Crippen LogP contribution in [0, 0.1) is 5.92 Å². The van der Waals surface area contributed by atoms with Crippen molar-refractivity contribution < 1.29 is 0 Å². The van der Waals surface area contributed by atoms with Gasteiger partial charge in [-0.25, -0.2) is 0 Å². The van der Waals surface area contributed by atoms with Gasteiger partial charge in [0.05, 0.1) is 6.20 Å². The molecule has 0 amide bonds. The van der Waals surface area contributed by atoms with Crippen LogP contribution in [0.1, 0.15) is 24.8 Å². The van der Waals surface area contributed by atoms with E-state index in [4.69, 9.17) is 0 Å². The second kappa shape index (κ2) is 6.42. The largest absolute Gasteiger partial charge is 0.356 e. The molecule has 0 spiro atoms. The molecule has 1 aromatic heterocycles. The summed E-state index contributed by atoms with van der Waals surface area (Å²) in [6.07, 6.45) is 8.88. The Balaban J connectivity index is 1.58. The number of aliphatic imine (C=N–C) groups is 1. The molecule has 2 rings (SSSR count). The number of nitrogens with zero attached hydrogens (tertiary/aromatic N) is 3. The summed E-state index contributed by atoms with van der Waals surface area (Å²) in [5, 5.41) is 10.9. The summed E-state index contributed by atoms with van der Waals surface area (Å²) in [7, 11) is 3.77. The molecular formula is C13H23N5. The predicted molar refractivity (Wildman–Crippen MR) is 73.6 cm³/mol. The second-order valence-electron chi connectivity index (χ2n) is 4.95. The molecule has 1 saturated carbocycles. The van der Waals surface area contributed by atoms with E-state index in [0.717, 1.165) is 37.8 Å². The van der Waals surface area contributed by atoms with Crippen LogP contribution in [0.15, 0.2) is 17.4 Å². The van der Waals surface area contributed by atoms with E-state index < -0.39 is 0 Å². The Bertz CT molecular complexity index is 392. The SMILES string of the molecule is CN=C(NCCCc1cnn(C)c1)NCC1CC1.